The molecule has 3 aromatic heterocycles. The number of aromatic nitrogens is 3. The summed E-state index contributed by atoms with van der Waals surface area (Å²) >= 11 is 1.34. The van der Waals surface area contributed by atoms with Crippen LogP contribution in [0.15, 0.2) is 29.8 Å². The molecule has 1 aliphatic rings. The van der Waals surface area contributed by atoms with Crippen LogP contribution in [0.4, 0.5) is 24.7 Å². The molecule has 1 unspecified atom stereocenters. The van der Waals surface area contributed by atoms with Gasteiger partial charge in [0, 0.05) is 36.7 Å². The van der Waals surface area contributed by atoms with Crippen LogP contribution in [0.5, 0.6) is 5.75 Å². The number of ether oxygens (including phenoxy) is 1. The number of nitrogens with two attached hydrogens (primary N) is 1. The third-order valence-corrected chi connectivity index (χ3v) is 5.97. The van der Waals surface area contributed by atoms with E-state index < -0.39 is 24.7 Å². The molecular weight excluding hydrogens is 445 g/mol. The summed E-state index contributed by atoms with van der Waals surface area (Å²) in [5, 5.41) is 22.0. The molecule has 8 nitrogen and oxygen atoms in total. The summed E-state index contributed by atoms with van der Waals surface area (Å²) in [5.41, 5.74) is 4.28. The number of rotatable bonds is 4. The number of halogens is 3. The zero-order valence-corrected chi connectivity index (χ0v) is 17.5. The molecular formula is C20H17F3N6O2S. The monoisotopic (exact) mass is 462 g/mol. The van der Waals surface area contributed by atoms with Crippen LogP contribution in [0.3, 0.4) is 0 Å². The van der Waals surface area contributed by atoms with Crippen LogP contribution in [0.25, 0.3) is 22.1 Å². The molecule has 1 aliphatic heterocycles. The zero-order valence-electron chi connectivity index (χ0n) is 16.7. The Bertz CT molecular complexity index is 1200. The molecule has 0 radical (unpaired) electrons. The number of thiazole rings is 1. The maximum atomic E-state index is 13.3. The molecule has 1 saturated heterocycles. The van der Waals surface area contributed by atoms with E-state index in [9.17, 15) is 23.5 Å². The molecule has 32 heavy (non-hydrogen) atoms. The smallest absolute Gasteiger partial charge is 0.418 e. The number of β-amino-alcohol motifs (C(OH)–C–C–N with tert-alkyl or cyclic N) is 1. The Kier molecular flexibility index (Phi) is 5.39. The Labute approximate surface area is 184 Å². The van der Waals surface area contributed by atoms with E-state index in [0.29, 0.717) is 16.5 Å². The van der Waals surface area contributed by atoms with Crippen molar-refractivity contribution in [3.63, 3.8) is 0 Å². The van der Waals surface area contributed by atoms with Crippen LogP contribution in [-0.2, 0) is 0 Å². The van der Waals surface area contributed by atoms with E-state index in [1.165, 1.54) is 41.5 Å². The quantitative estimate of drug-likeness (QED) is 0.606. The lowest BCUT2D eigenvalue weighted by atomic mass is 10.0. The molecule has 0 spiro atoms. The average Bonchev–Trinajstić information content (AvgIpc) is 3.43. The van der Waals surface area contributed by atoms with E-state index in [0.717, 1.165) is 0 Å². The van der Waals surface area contributed by atoms with Crippen LogP contribution in [-0.4, -0.2) is 52.0 Å². The number of anilines is 2. The van der Waals surface area contributed by atoms with Gasteiger partial charge in [0.25, 0.3) is 0 Å². The zero-order chi connectivity index (χ0) is 23.1. The van der Waals surface area contributed by atoms with Crippen molar-refractivity contribution in [3.05, 3.63) is 35.3 Å². The lowest BCUT2D eigenvalue weighted by Crippen LogP contribution is -2.47. The van der Waals surface area contributed by atoms with Gasteiger partial charge in [-0.2, -0.15) is 18.4 Å². The first-order valence-electron chi connectivity index (χ1n) is 9.36. The Hall–Kier alpha value is -3.43. The van der Waals surface area contributed by atoms with Crippen LogP contribution >= 0.6 is 11.3 Å². The first-order chi connectivity index (χ1) is 15.1. The number of alkyl halides is 3. The van der Waals surface area contributed by atoms with E-state index in [4.69, 9.17) is 10.5 Å². The Morgan fingerprint density at radius 3 is 2.66 bits per heavy atom. The molecule has 166 valence electrons. The van der Waals surface area contributed by atoms with E-state index in [2.05, 4.69) is 15.0 Å². The van der Waals surface area contributed by atoms with Gasteiger partial charge in [0.2, 0.25) is 0 Å². The summed E-state index contributed by atoms with van der Waals surface area (Å²) < 4.78 is 45.1. The molecule has 4 heterocycles. The molecule has 3 aromatic rings. The van der Waals surface area contributed by atoms with Crippen LogP contribution < -0.4 is 15.4 Å². The van der Waals surface area contributed by atoms with Gasteiger partial charge in [0.1, 0.15) is 39.6 Å². The van der Waals surface area contributed by atoms with Crippen molar-refractivity contribution in [1.82, 2.24) is 15.0 Å². The first kappa shape index (κ1) is 21.8. The summed E-state index contributed by atoms with van der Waals surface area (Å²) in [6.45, 7) is -0.731. The van der Waals surface area contributed by atoms with E-state index in [-0.39, 0.29) is 35.0 Å². The Morgan fingerprint density at radius 2 is 2.06 bits per heavy atom. The first-order valence-corrected chi connectivity index (χ1v) is 10.2. The second kappa shape index (κ2) is 7.92. The number of methoxy groups -OCH3 is 1. The van der Waals surface area contributed by atoms with E-state index in [1.54, 1.807) is 11.6 Å². The fourth-order valence-corrected chi connectivity index (χ4v) is 4.04. The van der Waals surface area contributed by atoms with Gasteiger partial charge in [-0.15, -0.1) is 11.3 Å². The van der Waals surface area contributed by atoms with E-state index >= 15 is 0 Å². The van der Waals surface area contributed by atoms with E-state index in [1.807, 2.05) is 6.07 Å². The lowest BCUT2D eigenvalue weighted by molar-refractivity contribution is -0.250. The maximum Gasteiger partial charge on any atom is 0.418 e. The number of nitriles is 1. The van der Waals surface area contributed by atoms with Crippen molar-refractivity contribution in [2.75, 3.05) is 30.8 Å². The van der Waals surface area contributed by atoms with Crippen LogP contribution in [0, 0.1) is 11.3 Å². The van der Waals surface area contributed by atoms with Gasteiger partial charge in [-0.1, -0.05) is 0 Å². The molecule has 0 aliphatic carbocycles. The van der Waals surface area contributed by atoms with Crippen molar-refractivity contribution in [1.29, 1.82) is 5.26 Å². The molecule has 1 fully saturated rings. The van der Waals surface area contributed by atoms with Gasteiger partial charge in [-0.3, -0.25) is 0 Å². The van der Waals surface area contributed by atoms with Crippen LogP contribution in [0.1, 0.15) is 12.0 Å². The molecule has 1 atom stereocenters. The topological polar surface area (TPSA) is 121 Å². The van der Waals surface area contributed by atoms with Gasteiger partial charge in [0.15, 0.2) is 5.60 Å². The number of pyridine rings is 2. The number of nitrogens with zero attached hydrogens (tertiary/aromatic N) is 5. The maximum absolute atomic E-state index is 13.3. The highest BCUT2D eigenvalue weighted by atomic mass is 32.1. The summed E-state index contributed by atoms with van der Waals surface area (Å²) in [5.74, 6) is 0.458. The second-order valence-corrected chi connectivity index (χ2v) is 8.12. The predicted molar refractivity (Wildman–Crippen MR) is 112 cm³/mol. The third kappa shape index (κ3) is 3.80. The number of hydrogen-bond acceptors (Lipinski definition) is 9. The summed E-state index contributed by atoms with van der Waals surface area (Å²) in [4.78, 5) is 14.5. The van der Waals surface area contributed by atoms with Gasteiger partial charge in [0.05, 0.1) is 25.0 Å². The minimum Gasteiger partial charge on any atom is -0.497 e. The highest BCUT2D eigenvalue weighted by Gasteiger charge is 2.57. The van der Waals surface area contributed by atoms with Crippen molar-refractivity contribution in [2.24, 2.45) is 0 Å². The molecule has 4 rings (SSSR count). The fraction of sp³-hybridized carbons (Fsp3) is 0.300. The lowest BCUT2D eigenvalue weighted by Gasteiger charge is -2.26. The SMILES string of the molecule is COc1cc(-c2nc(-c3nccs3)cc(N)c2C#N)nc(N2CCC(O)(C(F)(F)F)C2)c1. The molecule has 0 saturated carbocycles. The second-order valence-electron chi connectivity index (χ2n) is 7.22. The summed E-state index contributed by atoms with van der Waals surface area (Å²) in [6, 6.07) is 6.52. The minimum atomic E-state index is -4.77. The Morgan fingerprint density at radius 1 is 1.28 bits per heavy atom. The standard InChI is InChI=1S/C20H17F3N6O2S/c1-31-11-6-14(27-16(7-11)29-4-2-19(30,10-29)20(21,22)23)17-12(9-24)13(25)8-15(28-17)18-26-3-5-32-18/h3,5-8,30H,2,4,10H2,1H3,(H2,25,28). The van der Waals surface area contributed by atoms with Gasteiger partial charge in [-0.05, 0) is 6.07 Å². The highest BCUT2D eigenvalue weighted by Crippen LogP contribution is 2.40. The van der Waals surface area contributed by atoms with Crippen molar-refractivity contribution in [2.45, 2.75) is 18.2 Å². The fourth-order valence-electron chi connectivity index (χ4n) is 3.44. The predicted octanol–water partition coefficient (Wildman–Crippen LogP) is 3.23. The number of nitrogen functional groups attached to an aromatic ring is 1. The highest BCUT2D eigenvalue weighted by molar-refractivity contribution is 7.13. The minimum absolute atomic E-state index is 0.0601. The normalized spacial score (nSPS) is 18.6. The summed E-state index contributed by atoms with van der Waals surface area (Å²) in [6.07, 6.45) is -3.65. The van der Waals surface area contributed by atoms with Gasteiger partial charge in [-0.25, -0.2) is 15.0 Å². The summed E-state index contributed by atoms with van der Waals surface area (Å²) in [7, 11) is 1.40. The molecule has 0 aromatic carbocycles. The largest absolute Gasteiger partial charge is 0.497 e. The molecule has 12 heteroatoms. The average molecular weight is 462 g/mol. The molecule has 3 N–H and O–H groups in total. The van der Waals surface area contributed by atoms with Gasteiger partial charge >= 0.3 is 6.18 Å². The van der Waals surface area contributed by atoms with Gasteiger partial charge < -0.3 is 20.5 Å². The van der Waals surface area contributed by atoms with Crippen molar-refractivity contribution < 1.29 is 23.0 Å². The van der Waals surface area contributed by atoms with Crippen molar-refractivity contribution in [3.8, 4) is 33.9 Å². The molecule has 0 bridgehead atoms. The van der Waals surface area contributed by atoms with Crippen molar-refractivity contribution >= 4 is 22.8 Å². The molecule has 0 amide bonds. The number of hydrogen-bond donors (Lipinski definition) is 2. The van der Waals surface area contributed by atoms with Crippen LogP contribution in [0.2, 0.25) is 0 Å². The third-order valence-electron chi connectivity index (χ3n) is 5.18. The Balaban J connectivity index is 1.81. The number of aliphatic hydroxyl groups is 1.